The molecule has 0 bridgehead atoms. The highest BCUT2D eigenvalue weighted by Crippen LogP contribution is 2.21. The van der Waals surface area contributed by atoms with E-state index in [-0.39, 0.29) is 5.91 Å². The highest BCUT2D eigenvalue weighted by Gasteiger charge is 2.12. The Bertz CT molecular complexity index is 770. The van der Waals surface area contributed by atoms with E-state index in [9.17, 15) is 4.79 Å². The average Bonchev–Trinajstić information content (AvgIpc) is 3.07. The zero-order valence-electron chi connectivity index (χ0n) is 12.5. The second kappa shape index (κ2) is 6.15. The van der Waals surface area contributed by atoms with Crippen molar-refractivity contribution in [2.45, 2.75) is 20.4 Å². The predicted molar refractivity (Wildman–Crippen MR) is 89.5 cm³/mol. The van der Waals surface area contributed by atoms with Gasteiger partial charge >= 0.3 is 0 Å². The van der Waals surface area contributed by atoms with Gasteiger partial charge in [0.15, 0.2) is 5.82 Å². The van der Waals surface area contributed by atoms with Gasteiger partial charge in [0.25, 0.3) is 5.91 Å². The first-order valence-electron chi connectivity index (χ1n) is 7.07. The Morgan fingerprint density at radius 3 is 2.68 bits per heavy atom. The van der Waals surface area contributed by atoms with E-state index in [2.05, 4.69) is 22.5 Å². The lowest BCUT2D eigenvalue weighted by Gasteiger charge is -2.02. The van der Waals surface area contributed by atoms with Gasteiger partial charge in [0.1, 0.15) is 0 Å². The lowest BCUT2D eigenvalue weighted by atomic mass is 10.2. The van der Waals surface area contributed by atoms with E-state index in [0.717, 1.165) is 5.56 Å². The van der Waals surface area contributed by atoms with Crippen LogP contribution in [0, 0.1) is 13.8 Å². The lowest BCUT2D eigenvalue weighted by Crippen LogP contribution is -2.11. The molecule has 22 heavy (non-hydrogen) atoms. The predicted octanol–water partition coefficient (Wildman–Crippen LogP) is 3.86. The van der Waals surface area contributed by atoms with E-state index in [0.29, 0.717) is 17.2 Å². The van der Waals surface area contributed by atoms with E-state index < -0.39 is 0 Å². The number of aromatic nitrogens is 2. The second-order valence-corrected chi connectivity index (χ2v) is 6.44. The first-order valence-corrected chi connectivity index (χ1v) is 7.89. The number of benzene rings is 1. The molecule has 0 aliphatic carbocycles. The number of rotatable bonds is 4. The van der Waals surface area contributed by atoms with Gasteiger partial charge in [-0.3, -0.25) is 9.48 Å². The molecular weight excluding hydrogens is 294 g/mol. The fourth-order valence-electron chi connectivity index (χ4n) is 2.15. The first-order chi connectivity index (χ1) is 10.6. The number of nitrogens with zero attached hydrogens (tertiary/aromatic N) is 2. The Kier molecular flexibility index (Phi) is 4.06. The summed E-state index contributed by atoms with van der Waals surface area (Å²) >= 11 is 1.50. The molecule has 0 aliphatic heterocycles. The van der Waals surface area contributed by atoms with Crippen molar-refractivity contribution in [3.05, 3.63) is 69.5 Å². The molecule has 3 rings (SSSR count). The third-order valence-corrected chi connectivity index (χ3v) is 4.61. The largest absolute Gasteiger partial charge is 0.304 e. The molecule has 0 fully saturated rings. The normalized spacial score (nSPS) is 10.6. The smallest absolute Gasteiger partial charge is 0.266 e. The Morgan fingerprint density at radius 1 is 1.23 bits per heavy atom. The highest BCUT2D eigenvalue weighted by molar-refractivity contribution is 7.14. The maximum Gasteiger partial charge on any atom is 0.266 e. The van der Waals surface area contributed by atoms with Crippen LogP contribution < -0.4 is 5.32 Å². The van der Waals surface area contributed by atoms with Crippen molar-refractivity contribution < 1.29 is 4.79 Å². The van der Waals surface area contributed by atoms with Crippen LogP contribution in [0.25, 0.3) is 0 Å². The molecular formula is C17H17N3OS. The Hall–Kier alpha value is -2.40. The Morgan fingerprint density at radius 2 is 2.00 bits per heavy atom. The molecule has 0 aliphatic rings. The van der Waals surface area contributed by atoms with E-state index >= 15 is 0 Å². The maximum atomic E-state index is 12.2. The first kappa shape index (κ1) is 14.5. The molecule has 1 N–H and O–H groups in total. The van der Waals surface area contributed by atoms with Gasteiger partial charge < -0.3 is 5.32 Å². The summed E-state index contributed by atoms with van der Waals surface area (Å²) in [4.78, 5) is 14.1. The summed E-state index contributed by atoms with van der Waals surface area (Å²) in [7, 11) is 0. The third-order valence-electron chi connectivity index (χ3n) is 3.46. The van der Waals surface area contributed by atoms with Crippen molar-refractivity contribution in [1.82, 2.24) is 9.78 Å². The molecule has 0 spiro atoms. The van der Waals surface area contributed by atoms with Crippen LogP contribution >= 0.6 is 11.3 Å². The molecule has 1 amide bonds. The molecule has 0 atom stereocenters. The van der Waals surface area contributed by atoms with Gasteiger partial charge in [0.2, 0.25) is 0 Å². The van der Waals surface area contributed by atoms with Crippen molar-refractivity contribution in [2.75, 3.05) is 5.32 Å². The van der Waals surface area contributed by atoms with Crippen LogP contribution in [0.15, 0.2) is 48.7 Å². The van der Waals surface area contributed by atoms with Gasteiger partial charge in [-0.05, 0) is 31.0 Å². The summed E-state index contributed by atoms with van der Waals surface area (Å²) in [5.41, 5.74) is 2.32. The third kappa shape index (κ3) is 3.26. The van der Waals surface area contributed by atoms with Crippen molar-refractivity contribution in [2.24, 2.45) is 0 Å². The van der Waals surface area contributed by atoms with Gasteiger partial charge in [-0.2, -0.15) is 5.10 Å². The summed E-state index contributed by atoms with van der Waals surface area (Å²) in [6.07, 6.45) is 1.87. The fourth-order valence-corrected chi connectivity index (χ4v) is 3.08. The molecule has 5 heteroatoms. The number of thiophene rings is 1. The van der Waals surface area contributed by atoms with Crippen molar-refractivity contribution in [3.63, 3.8) is 0 Å². The van der Waals surface area contributed by atoms with Crippen LogP contribution in [0.5, 0.6) is 0 Å². The van der Waals surface area contributed by atoms with Crippen LogP contribution in [0.2, 0.25) is 0 Å². The van der Waals surface area contributed by atoms with Crippen LogP contribution in [-0.4, -0.2) is 15.7 Å². The SMILES string of the molecule is Cc1cc(C(=O)Nc2ccn(Cc3ccccc3)n2)sc1C. The second-order valence-electron chi connectivity index (χ2n) is 5.19. The van der Waals surface area contributed by atoms with Crippen LogP contribution in [0.1, 0.15) is 25.7 Å². The van der Waals surface area contributed by atoms with Gasteiger partial charge in [0, 0.05) is 17.1 Å². The number of carbonyl (C=O) groups is 1. The zero-order chi connectivity index (χ0) is 15.5. The number of hydrogen-bond acceptors (Lipinski definition) is 3. The van der Waals surface area contributed by atoms with Crippen LogP contribution in [0.3, 0.4) is 0 Å². The molecule has 2 heterocycles. The molecule has 4 nitrogen and oxygen atoms in total. The number of amides is 1. The van der Waals surface area contributed by atoms with Crippen LogP contribution in [0.4, 0.5) is 5.82 Å². The molecule has 0 saturated carbocycles. The van der Waals surface area contributed by atoms with Crippen molar-refractivity contribution in [1.29, 1.82) is 0 Å². The summed E-state index contributed by atoms with van der Waals surface area (Å²) < 4.78 is 1.82. The molecule has 0 radical (unpaired) electrons. The quantitative estimate of drug-likeness (QED) is 0.795. The molecule has 1 aromatic carbocycles. The number of nitrogens with one attached hydrogen (secondary N) is 1. The maximum absolute atomic E-state index is 12.2. The minimum Gasteiger partial charge on any atom is -0.304 e. The minimum atomic E-state index is -0.105. The molecule has 2 aromatic heterocycles. The topological polar surface area (TPSA) is 46.9 Å². The van der Waals surface area contributed by atoms with E-state index in [1.807, 2.05) is 55.1 Å². The van der Waals surface area contributed by atoms with E-state index in [1.54, 1.807) is 0 Å². The van der Waals surface area contributed by atoms with E-state index in [1.165, 1.54) is 21.8 Å². The van der Waals surface area contributed by atoms with Gasteiger partial charge in [-0.25, -0.2) is 0 Å². The van der Waals surface area contributed by atoms with Crippen LogP contribution in [-0.2, 0) is 6.54 Å². The van der Waals surface area contributed by atoms with E-state index in [4.69, 9.17) is 0 Å². The standard InChI is InChI=1S/C17H17N3OS/c1-12-10-15(22-13(12)2)17(21)18-16-8-9-20(19-16)11-14-6-4-3-5-7-14/h3-10H,11H2,1-2H3,(H,18,19,21). The lowest BCUT2D eigenvalue weighted by molar-refractivity contribution is 0.103. The minimum absolute atomic E-state index is 0.105. The molecule has 0 unspecified atom stereocenters. The summed E-state index contributed by atoms with van der Waals surface area (Å²) in [5, 5.41) is 7.23. The zero-order valence-corrected chi connectivity index (χ0v) is 13.4. The fraction of sp³-hybridized carbons (Fsp3) is 0.176. The Labute approximate surface area is 133 Å². The van der Waals surface area contributed by atoms with Gasteiger partial charge in [0.05, 0.1) is 11.4 Å². The monoisotopic (exact) mass is 311 g/mol. The number of hydrogen-bond donors (Lipinski definition) is 1. The number of carbonyl (C=O) groups excluding carboxylic acids is 1. The Balaban J connectivity index is 1.68. The average molecular weight is 311 g/mol. The highest BCUT2D eigenvalue weighted by atomic mass is 32.1. The molecule has 112 valence electrons. The molecule has 0 saturated heterocycles. The molecule has 3 aromatic rings. The van der Waals surface area contributed by atoms with Crippen molar-refractivity contribution in [3.8, 4) is 0 Å². The van der Waals surface area contributed by atoms with Gasteiger partial charge in [-0.15, -0.1) is 11.3 Å². The summed E-state index contributed by atoms with van der Waals surface area (Å²) in [6, 6.07) is 13.8. The summed E-state index contributed by atoms with van der Waals surface area (Å²) in [6.45, 7) is 4.72. The van der Waals surface area contributed by atoms with Gasteiger partial charge in [-0.1, -0.05) is 30.3 Å². The van der Waals surface area contributed by atoms with Crippen molar-refractivity contribution >= 4 is 23.1 Å². The number of aryl methyl sites for hydroxylation is 2. The summed E-state index contributed by atoms with van der Waals surface area (Å²) in [5.74, 6) is 0.468. The number of anilines is 1.